The second-order valence-corrected chi connectivity index (χ2v) is 9.48. The lowest BCUT2D eigenvalue weighted by atomic mass is 9.70. The zero-order valence-electron chi connectivity index (χ0n) is 14.3. The summed E-state index contributed by atoms with van der Waals surface area (Å²) >= 11 is 0. The zero-order valence-corrected chi connectivity index (χ0v) is 15.2. The molecule has 2 aliphatic carbocycles. The van der Waals surface area contributed by atoms with Crippen LogP contribution in [0.25, 0.3) is 0 Å². The topological polar surface area (TPSA) is 108 Å². The second-order valence-electron chi connectivity index (χ2n) is 8.03. The van der Waals surface area contributed by atoms with Gasteiger partial charge in [-0.25, -0.2) is 5.43 Å². The van der Waals surface area contributed by atoms with Crippen LogP contribution in [0.15, 0.2) is 5.10 Å². The van der Waals surface area contributed by atoms with Gasteiger partial charge in [0.1, 0.15) is 0 Å². The number of nitrogens with one attached hydrogen (secondary N) is 2. The largest absolute Gasteiger partial charge is 0.317 e. The van der Waals surface area contributed by atoms with Gasteiger partial charge in [-0.1, -0.05) is 13.8 Å². The molecule has 3 rings (SSSR count). The van der Waals surface area contributed by atoms with Crippen LogP contribution in [-0.2, 0) is 14.9 Å². The summed E-state index contributed by atoms with van der Waals surface area (Å²) in [6, 6.07) is 0. The van der Waals surface area contributed by atoms with Crippen molar-refractivity contribution in [3.05, 3.63) is 0 Å². The van der Waals surface area contributed by atoms with Crippen molar-refractivity contribution in [1.82, 2.24) is 10.7 Å². The van der Waals surface area contributed by atoms with Gasteiger partial charge in [0.05, 0.1) is 5.75 Å². The highest BCUT2D eigenvalue weighted by Gasteiger charge is 2.64. The third-order valence-electron chi connectivity index (χ3n) is 6.61. The summed E-state index contributed by atoms with van der Waals surface area (Å²) in [5.41, 5.74) is 2.48. The standard InChI is InChI=1S/C16H27N3O4S/c1-15(2)12-3-6-16(15,10-24(21,22)23)13(9-12)18-19-14(20)11-4-7-17-8-5-11/h11-12,17H,3-10H2,1-2H3,(H,19,20)(H,21,22,23)/b18-13+. The first kappa shape index (κ1) is 17.8. The Hall–Kier alpha value is -0.990. The van der Waals surface area contributed by atoms with Crippen molar-refractivity contribution >= 4 is 21.7 Å². The zero-order chi connectivity index (χ0) is 17.6. The third-order valence-corrected chi connectivity index (χ3v) is 7.46. The van der Waals surface area contributed by atoms with Crippen molar-refractivity contribution in [3.8, 4) is 0 Å². The summed E-state index contributed by atoms with van der Waals surface area (Å²) in [6.07, 6.45) is 3.90. The minimum absolute atomic E-state index is 0.0419. The Labute approximate surface area is 143 Å². The number of carbonyl (C=O) groups excluding carboxylic acids is 1. The highest BCUT2D eigenvalue weighted by Crippen LogP contribution is 2.64. The molecular formula is C16H27N3O4S. The molecule has 1 amide bonds. The first-order valence-corrected chi connectivity index (χ1v) is 10.3. The fraction of sp³-hybridized carbons (Fsp3) is 0.875. The van der Waals surface area contributed by atoms with Crippen LogP contribution < -0.4 is 10.7 Å². The summed E-state index contributed by atoms with van der Waals surface area (Å²) in [6.45, 7) is 5.76. The number of amides is 1. The summed E-state index contributed by atoms with van der Waals surface area (Å²) in [5.74, 6) is -0.106. The highest BCUT2D eigenvalue weighted by molar-refractivity contribution is 7.85. The number of piperidine rings is 1. The maximum atomic E-state index is 12.3. The molecule has 136 valence electrons. The number of nitrogens with zero attached hydrogens (tertiary/aromatic N) is 1. The monoisotopic (exact) mass is 357 g/mol. The van der Waals surface area contributed by atoms with Crippen LogP contribution in [0, 0.1) is 22.7 Å². The number of rotatable bonds is 4. The Morgan fingerprint density at radius 3 is 2.58 bits per heavy atom. The molecule has 24 heavy (non-hydrogen) atoms. The Kier molecular flexibility index (Phi) is 4.51. The quantitative estimate of drug-likeness (QED) is 0.517. The molecule has 1 saturated heterocycles. The summed E-state index contributed by atoms with van der Waals surface area (Å²) in [5, 5.41) is 7.58. The second kappa shape index (κ2) is 6.07. The maximum absolute atomic E-state index is 12.3. The molecule has 8 heteroatoms. The maximum Gasteiger partial charge on any atom is 0.265 e. The van der Waals surface area contributed by atoms with Gasteiger partial charge < -0.3 is 5.32 Å². The van der Waals surface area contributed by atoms with E-state index in [1.54, 1.807) is 0 Å². The highest BCUT2D eigenvalue weighted by atomic mass is 32.2. The fourth-order valence-electron chi connectivity index (χ4n) is 4.90. The Morgan fingerprint density at radius 2 is 2.00 bits per heavy atom. The molecule has 0 aromatic heterocycles. The first-order valence-electron chi connectivity index (χ1n) is 8.68. The third kappa shape index (κ3) is 2.99. The van der Waals surface area contributed by atoms with Gasteiger partial charge in [-0.2, -0.15) is 13.5 Å². The summed E-state index contributed by atoms with van der Waals surface area (Å²) < 4.78 is 32.6. The van der Waals surface area contributed by atoms with E-state index in [1.165, 1.54) is 0 Å². The molecular weight excluding hydrogens is 330 g/mol. The molecule has 0 aromatic carbocycles. The van der Waals surface area contributed by atoms with E-state index in [-0.39, 0.29) is 23.0 Å². The van der Waals surface area contributed by atoms with E-state index in [0.29, 0.717) is 18.8 Å². The molecule has 2 atom stereocenters. The van der Waals surface area contributed by atoms with E-state index < -0.39 is 15.5 Å². The Bertz CT molecular complexity index is 652. The van der Waals surface area contributed by atoms with Crippen molar-refractivity contribution in [2.75, 3.05) is 18.8 Å². The van der Waals surface area contributed by atoms with E-state index in [4.69, 9.17) is 0 Å². The van der Waals surface area contributed by atoms with Crippen LogP contribution in [-0.4, -0.2) is 43.4 Å². The van der Waals surface area contributed by atoms with Crippen LogP contribution in [0.4, 0.5) is 0 Å². The first-order chi connectivity index (χ1) is 11.2. The van der Waals surface area contributed by atoms with Crippen molar-refractivity contribution in [2.24, 2.45) is 27.8 Å². The van der Waals surface area contributed by atoms with Gasteiger partial charge in [0.15, 0.2) is 0 Å². The van der Waals surface area contributed by atoms with Crippen LogP contribution in [0.1, 0.15) is 46.0 Å². The molecule has 3 aliphatic rings. The number of fused-ring (bicyclic) bond motifs is 2. The van der Waals surface area contributed by atoms with Gasteiger partial charge in [0, 0.05) is 17.0 Å². The molecule has 2 unspecified atom stereocenters. The number of hydrogen-bond donors (Lipinski definition) is 3. The van der Waals surface area contributed by atoms with Crippen LogP contribution >= 0.6 is 0 Å². The smallest absolute Gasteiger partial charge is 0.265 e. The van der Waals surface area contributed by atoms with E-state index >= 15 is 0 Å². The average Bonchev–Trinajstić information content (AvgIpc) is 2.86. The summed E-state index contributed by atoms with van der Waals surface area (Å²) in [7, 11) is -4.12. The normalized spacial score (nSPS) is 34.6. The molecule has 2 bridgehead atoms. The fourth-order valence-corrected chi connectivity index (χ4v) is 6.21. The molecule has 1 heterocycles. The van der Waals surface area contributed by atoms with Gasteiger partial charge in [-0.05, 0) is 56.5 Å². The minimum atomic E-state index is -4.12. The molecule has 3 fully saturated rings. The van der Waals surface area contributed by atoms with Gasteiger partial charge >= 0.3 is 0 Å². The SMILES string of the molecule is CC1(C)C2CCC1(CS(=O)(=O)O)/C(=N/NC(=O)C1CCNCC1)C2. The van der Waals surface area contributed by atoms with Crippen LogP contribution in [0.3, 0.4) is 0 Å². The van der Waals surface area contributed by atoms with Crippen molar-refractivity contribution in [2.45, 2.75) is 46.0 Å². The predicted octanol–water partition coefficient (Wildman–Crippen LogP) is 1.17. The van der Waals surface area contributed by atoms with E-state index in [0.717, 1.165) is 38.1 Å². The van der Waals surface area contributed by atoms with Gasteiger partial charge in [0.2, 0.25) is 5.91 Å². The van der Waals surface area contributed by atoms with Gasteiger partial charge in [-0.15, -0.1) is 0 Å². The van der Waals surface area contributed by atoms with Crippen LogP contribution in [0.5, 0.6) is 0 Å². The molecule has 2 saturated carbocycles. The van der Waals surface area contributed by atoms with Crippen molar-refractivity contribution < 1.29 is 17.8 Å². The molecule has 3 N–H and O–H groups in total. The lowest BCUT2D eigenvalue weighted by Gasteiger charge is -2.37. The molecule has 0 radical (unpaired) electrons. The Balaban J connectivity index is 1.80. The molecule has 0 spiro atoms. The molecule has 0 aromatic rings. The minimum Gasteiger partial charge on any atom is -0.317 e. The molecule has 7 nitrogen and oxygen atoms in total. The van der Waals surface area contributed by atoms with Crippen molar-refractivity contribution in [3.63, 3.8) is 0 Å². The van der Waals surface area contributed by atoms with Gasteiger partial charge in [0.25, 0.3) is 10.1 Å². The number of hydrazone groups is 1. The Morgan fingerprint density at radius 1 is 1.33 bits per heavy atom. The number of hydrogen-bond acceptors (Lipinski definition) is 5. The van der Waals surface area contributed by atoms with E-state index in [9.17, 15) is 17.8 Å². The van der Waals surface area contributed by atoms with Gasteiger partial charge in [-0.3, -0.25) is 9.35 Å². The predicted molar refractivity (Wildman–Crippen MR) is 91.1 cm³/mol. The lowest BCUT2D eigenvalue weighted by molar-refractivity contribution is -0.125. The number of carbonyl (C=O) groups is 1. The molecule has 1 aliphatic heterocycles. The van der Waals surface area contributed by atoms with E-state index in [2.05, 4.69) is 15.8 Å². The van der Waals surface area contributed by atoms with Crippen molar-refractivity contribution in [1.29, 1.82) is 0 Å². The van der Waals surface area contributed by atoms with Crippen LogP contribution in [0.2, 0.25) is 0 Å². The van der Waals surface area contributed by atoms with E-state index in [1.807, 2.05) is 13.8 Å². The summed E-state index contributed by atoms with van der Waals surface area (Å²) in [4.78, 5) is 12.3. The lowest BCUT2D eigenvalue weighted by Crippen LogP contribution is -2.43. The average molecular weight is 357 g/mol.